The molecule has 5 heteroatoms. The molecular weight excluding hydrogens is 232 g/mol. The Bertz CT molecular complexity index is 319. The average Bonchev–Trinajstić information content (AvgIpc) is 2.40. The van der Waals surface area contributed by atoms with Crippen molar-refractivity contribution in [3.8, 4) is 0 Å². The molecule has 18 heavy (non-hydrogen) atoms. The van der Waals surface area contributed by atoms with Gasteiger partial charge in [-0.1, -0.05) is 6.42 Å². The van der Waals surface area contributed by atoms with Crippen molar-refractivity contribution < 1.29 is 14.3 Å². The average molecular weight is 254 g/mol. The molecule has 1 heterocycles. The van der Waals surface area contributed by atoms with Gasteiger partial charge in [-0.25, -0.2) is 0 Å². The Hall–Kier alpha value is -0.940. The summed E-state index contributed by atoms with van der Waals surface area (Å²) in [6.45, 7) is 4.20. The molecule has 2 unspecified atom stereocenters. The molecule has 0 spiro atoms. The molecule has 5 nitrogen and oxygen atoms in total. The molecule has 0 radical (unpaired) electrons. The number of carbonyl (C=O) groups is 2. The molecule has 1 N–H and O–H groups in total. The predicted molar refractivity (Wildman–Crippen MR) is 67.3 cm³/mol. The molecule has 1 aliphatic carbocycles. The Labute approximate surface area is 108 Å². The summed E-state index contributed by atoms with van der Waals surface area (Å²) < 4.78 is 5.39. The summed E-state index contributed by atoms with van der Waals surface area (Å²) in [6, 6.07) is -0.374. The Kier molecular flexibility index (Phi) is 4.72. The zero-order chi connectivity index (χ0) is 13.0. The SMILES string of the molecule is CCNC(=O)C1COCCN1C1CCCCC1=O. The Balaban J connectivity index is 2.06. The first kappa shape index (κ1) is 13.5. The van der Waals surface area contributed by atoms with Crippen molar-refractivity contribution in [1.29, 1.82) is 0 Å². The van der Waals surface area contributed by atoms with Gasteiger partial charge in [-0.15, -0.1) is 0 Å². The van der Waals surface area contributed by atoms with Gasteiger partial charge in [0.2, 0.25) is 5.91 Å². The standard InChI is InChI=1S/C13H22N2O3/c1-2-14-13(17)11-9-18-8-7-15(11)10-5-3-4-6-12(10)16/h10-11H,2-9H2,1H3,(H,14,17). The van der Waals surface area contributed by atoms with E-state index in [-0.39, 0.29) is 23.8 Å². The molecule has 2 aliphatic rings. The van der Waals surface area contributed by atoms with E-state index >= 15 is 0 Å². The number of nitrogens with zero attached hydrogens (tertiary/aromatic N) is 1. The van der Waals surface area contributed by atoms with Gasteiger partial charge in [0.05, 0.1) is 19.3 Å². The molecule has 0 aromatic carbocycles. The van der Waals surface area contributed by atoms with E-state index < -0.39 is 0 Å². The van der Waals surface area contributed by atoms with Crippen LogP contribution in [0.15, 0.2) is 0 Å². The summed E-state index contributed by atoms with van der Waals surface area (Å²) in [4.78, 5) is 26.1. The van der Waals surface area contributed by atoms with Gasteiger partial charge in [-0.05, 0) is 19.8 Å². The van der Waals surface area contributed by atoms with E-state index in [4.69, 9.17) is 4.74 Å². The molecule has 102 valence electrons. The maximum absolute atomic E-state index is 12.0. The normalized spacial score (nSPS) is 30.2. The summed E-state index contributed by atoms with van der Waals surface area (Å²) in [5.74, 6) is 0.271. The molecule has 0 bridgehead atoms. The summed E-state index contributed by atoms with van der Waals surface area (Å²) in [6.07, 6.45) is 3.61. The zero-order valence-electron chi connectivity index (χ0n) is 11.0. The third kappa shape index (κ3) is 2.90. The number of ether oxygens (including phenoxy) is 1. The van der Waals surface area contributed by atoms with Gasteiger partial charge >= 0.3 is 0 Å². The van der Waals surface area contributed by atoms with Crippen molar-refractivity contribution in [3.63, 3.8) is 0 Å². The molecular formula is C13H22N2O3. The third-order valence-electron chi connectivity index (χ3n) is 3.75. The number of Topliss-reactive ketones (excluding diaryl/α,β-unsaturated/α-hetero) is 1. The fourth-order valence-corrected chi connectivity index (χ4v) is 2.82. The van der Waals surface area contributed by atoms with E-state index in [0.29, 0.717) is 32.7 Å². The zero-order valence-corrected chi connectivity index (χ0v) is 11.0. The molecule has 1 saturated heterocycles. The van der Waals surface area contributed by atoms with Gasteiger partial charge in [-0.3, -0.25) is 14.5 Å². The van der Waals surface area contributed by atoms with Crippen LogP contribution in [0.1, 0.15) is 32.6 Å². The van der Waals surface area contributed by atoms with Crippen molar-refractivity contribution in [1.82, 2.24) is 10.2 Å². The quantitative estimate of drug-likeness (QED) is 0.789. The van der Waals surface area contributed by atoms with Crippen molar-refractivity contribution in [2.45, 2.75) is 44.7 Å². The Morgan fingerprint density at radius 3 is 3.06 bits per heavy atom. The van der Waals surface area contributed by atoms with E-state index in [2.05, 4.69) is 10.2 Å². The third-order valence-corrected chi connectivity index (χ3v) is 3.75. The lowest BCUT2D eigenvalue weighted by Gasteiger charge is -2.40. The van der Waals surface area contributed by atoms with Crippen LogP contribution in [-0.2, 0) is 14.3 Å². The monoisotopic (exact) mass is 254 g/mol. The van der Waals surface area contributed by atoms with Crippen LogP contribution in [0.2, 0.25) is 0 Å². The van der Waals surface area contributed by atoms with Gasteiger partial charge in [0.1, 0.15) is 11.8 Å². The minimum absolute atomic E-state index is 0.0180. The summed E-state index contributed by atoms with van der Waals surface area (Å²) in [5.41, 5.74) is 0. The number of hydrogen-bond acceptors (Lipinski definition) is 4. The first-order valence-electron chi connectivity index (χ1n) is 6.88. The van der Waals surface area contributed by atoms with Crippen LogP contribution in [0, 0.1) is 0 Å². The molecule has 1 amide bonds. The van der Waals surface area contributed by atoms with Gasteiger partial charge < -0.3 is 10.1 Å². The van der Waals surface area contributed by atoms with E-state index in [1.807, 2.05) is 6.92 Å². The highest BCUT2D eigenvalue weighted by Crippen LogP contribution is 2.23. The maximum Gasteiger partial charge on any atom is 0.239 e. The van der Waals surface area contributed by atoms with Gasteiger partial charge in [0, 0.05) is 19.5 Å². The fraction of sp³-hybridized carbons (Fsp3) is 0.846. The van der Waals surface area contributed by atoms with E-state index in [0.717, 1.165) is 19.3 Å². The second-order valence-corrected chi connectivity index (χ2v) is 4.95. The number of likely N-dealkylation sites (N-methyl/N-ethyl adjacent to an activating group) is 1. The number of morpholine rings is 1. The predicted octanol–water partition coefficient (Wildman–Crippen LogP) is 0.335. The fourth-order valence-electron chi connectivity index (χ4n) is 2.82. The van der Waals surface area contributed by atoms with Gasteiger partial charge in [0.15, 0.2) is 0 Å². The highest BCUT2D eigenvalue weighted by Gasteiger charge is 2.37. The maximum atomic E-state index is 12.0. The summed E-state index contributed by atoms with van der Waals surface area (Å²) in [7, 11) is 0. The molecule has 1 aliphatic heterocycles. The first-order chi connectivity index (χ1) is 8.74. The topological polar surface area (TPSA) is 58.6 Å². The summed E-state index contributed by atoms with van der Waals surface area (Å²) >= 11 is 0. The molecule has 2 rings (SSSR count). The van der Waals surface area contributed by atoms with Crippen LogP contribution in [0.3, 0.4) is 0 Å². The molecule has 0 aromatic heterocycles. The van der Waals surface area contributed by atoms with Crippen molar-refractivity contribution in [2.75, 3.05) is 26.3 Å². The highest BCUT2D eigenvalue weighted by molar-refractivity contribution is 5.87. The van der Waals surface area contributed by atoms with E-state index in [1.165, 1.54) is 0 Å². The molecule has 1 saturated carbocycles. The number of ketones is 1. The van der Waals surface area contributed by atoms with Crippen LogP contribution in [0.4, 0.5) is 0 Å². The second-order valence-electron chi connectivity index (χ2n) is 4.95. The summed E-state index contributed by atoms with van der Waals surface area (Å²) in [5, 5.41) is 2.83. The minimum Gasteiger partial charge on any atom is -0.378 e. The highest BCUT2D eigenvalue weighted by atomic mass is 16.5. The van der Waals surface area contributed by atoms with Crippen LogP contribution in [0.5, 0.6) is 0 Å². The molecule has 0 aromatic rings. The number of rotatable bonds is 3. The van der Waals surface area contributed by atoms with Crippen LogP contribution in [-0.4, -0.2) is 55.0 Å². The van der Waals surface area contributed by atoms with Crippen molar-refractivity contribution in [2.24, 2.45) is 0 Å². The van der Waals surface area contributed by atoms with Crippen LogP contribution >= 0.6 is 0 Å². The van der Waals surface area contributed by atoms with Crippen LogP contribution in [0.25, 0.3) is 0 Å². The van der Waals surface area contributed by atoms with Crippen molar-refractivity contribution in [3.05, 3.63) is 0 Å². The number of carbonyl (C=O) groups excluding carboxylic acids is 2. The van der Waals surface area contributed by atoms with E-state index in [9.17, 15) is 9.59 Å². The van der Waals surface area contributed by atoms with Gasteiger partial charge in [0.25, 0.3) is 0 Å². The molecule has 2 atom stereocenters. The first-order valence-corrected chi connectivity index (χ1v) is 6.88. The second kappa shape index (κ2) is 6.29. The van der Waals surface area contributed by atoms with Crippen molar-refractivity contribution >= 4 is 11.7 Å². The Morgan fingerprint density at radius 2 is 2.33 bits per heavy atom. The number of amides is 1. The number of nitrogens with one attached hydrogen (secondary N) is 1. The smallest absolute Gasteiger partial charge is 0.239 e. The lowest BCUT2D eigenvalue weighted by atomic mass is 9.91. The minimum atomic E-state index is -0.300. The lowest BCUT2D eigenvalue weighted by Crippen LogP contribution is -2.59. The Morgan fingerprint density at radius 1 is 1.50 bits per heavy atom. The van der Waals surface area contributed by atoms with Gasteiger partial charge in [-0.2, -0.15) is 0 Å². The van der Waals surface area contributed by atoms with Crippen LogP contribution < -0.4 is 5.32 Å². The molecule has 2 fully saturated rings. The number of hydrogen-bond donors (Lipinski definition) is 1. The lowest BCUT2D eigenvalue weighted by molar-refractivity contribution is -0.140. The van der Waals surface area contributed by atoms with E-state index in [1.54, 1.807) is 0 Å². The largest absolute Gasteiger partial charge is 0.378 e.